The second kappa shape index (κ2) is 10.8. The Morgan fingerprint density at radius 1 is 0.815 bits per heavy atom. The number of carbonyl (C=O) groups is 1. The highest BCUT2D eigenvalue weighted by Gasteiger charge is 2.17. The van der Waals surface area contributed by atoms with E-state index >= 15 is 0 Å². The first-order chi connectivity index (χ1) is 13.1. The van der Waals surface area contributed by atoms with Gasteiger partial charge in [0.2, 0.25) is 5.82 Å². The Morgan fingerprint density at radius 2 is 1.44 bits per heavy atom. The lowest BCUT2D eigenvalue weighted by atomic mass is 10.1. The van der Waals surface area contributed by atoms with Crippen molar-refractivity contribution in [3.8, 4) is 5.75 Å². The van der Waals surface area contributed by atoms with Gasteiger partial charge in [0, 0.05) is 0 Å². The molecule has 0 aliphatic carbocycles. The van der Waals surface area contributed by atoms with E-state index in [1.165, 1.54) is 18.6 Å². The Bertz CT molecular complexity index is 739. The summed E-state index contributed by atoms with van der Waals surface area (Å²) in [5.74, 6) is -3.09. The molecule has 2 rings (SSSR count). The van der Waals surface area contributed by atoms with E-state index in [1.54, 1.807) is 12.1 Å². The number of hydrogen-bond acceptors (Lipinski definition) is 2. The summed E-state index contributed by atoms with van der Waals surface area (Å²) in [6.45, 7) is 4.20. The molecule has 0 heterocycles. The van der Waals surface area contributed by atoms with Gasteiger partial charge in [0.1, 0.15) is 0 Å². The molecule has 0 aliphatic rings. The van der Waals surface area contributed by atoms with E-state index in [0.717, 1.165) is 44.1 Å². The minimum Gasteiger partial charge on any atom is -0.420 e. The van der Waals surface area contributed by atoms with Gasteiger partial charge >= 0.3 is 5.97 Å². The van der Waals surface area contributed by atoms with Crippen LogP contribution in [-0.2, 0) is 12.8 Å². The summed E-state index contributed by atoms with van der Waals surface area (Å²) < 4.78 is 33.5. The van der Waals surface area contributed by atoms with Gasteiger partial charge in [-0.3, -0.25) is 0 Å². The summed E-state index contributed by atoms with van der Waals surface area (Å²) in [5.41, 5.74) is 1.78. The first kappa shape index (κ1) is 21.1. The highest BCUT2D eigenvalue weighted by atomic mass is 19.2. The molecule has 0 atom stereocenters. The molecule has 0 saturated heterocycles. The molecule has 0 saturated carbocycles. The molecule has 0 spiro atoms. The summed E-state index contributed by atoms with van der Waals surface area (Å²) in [7, 11) is 0. The minimum atomic E-state index is -1.10. The highest BCUT2D eigenvalue weighted by Crippen LogP contribution is 2.25. The predicted octanol–water partition coefficient (Wildman–Crippen LogP) is 6.65. The molecule has 27 heavy (non-hydrogen) atoms. The summed E-state index contributed by atoms with van der Waals surface area (Å²) in [6, 6.07) is 9.90. The number of halogens is 2. The molecule has 146 valence electrons. The molecule has 2 aromatic rings. The Morgan fingerprint density at radius 3 is 2.07 bits per heavy atom. The van der Waals surface area contributed by atoms with Crippen molar-refractivity contribution >= 4 is 5.97 Å². The van der Waals surface area contributed by atoms with Crippen LogP contribution in [0.3, 0.4) is 0 Å². The lowest BCUT2D eigenvalue weighted by Crippen LogP contribution is -2.10. The largest absolute Gasteiger partial charge is 0.420 e. The number of benzene rings is 2. The van der Waals surface area contributed by atoms with E-state index in [1.807, 2.05) is 12.1 Å². The zero-order chi connectivity index (χ0) is 19.6. The van der Waals surface area contributed by atoms with Crippen molar-refractivity contribution in [1.29, 1.82) is 0 Å². The van der Waals surface area contributed by atoms with Crippen LogP contribution in [0.25, 0.3) is 0 Å². The zero-order valence-corrected chi connectivity index (χ0v) is 16.2. The summed E-state index contributed by atoms with van der Waals surface area (Å²) >= 11 is 0. The van der Waals surface area contributed by atoms with Crippen molar-refractivity contribution in [2.45, 2.75) is 65.2 Å². The maximum atomic E-state index is 14.2. The average Bonchev–Trinajstić information content (AvgIpc) is 2.68. The number of ether oxygens (including phenoxy) is 1. The van der Waals surface area contributed by atoms with Crippen LogP contribution in [0.2, 0.25) is 0 Å². The van der Waals surface area contributed by atoms with Crippen molar-refractivity contribution in [3.05, 3.63) is 64.7 Å². The van der Waals surface area contributed by atoms with E-state index in [0.29, 0.717) is 17.5 Å². The molecule has 0 radical (unpaired) electrons. The number of esters is 1. The van der Waals surface area contributed by atoms with E-state index in [4.69, 9.17) is 4.74 Å². The molecule has 0 N–H and O–H groups in total. The molecular weight excluding hydrogens is 346 g/mol. The molecule has 0 aromatic heterocycles. The van der Waals surface area contributed by atoms with Crippen LogP contribution in [0, 0.1) is 11.6 Å². The Kier molecular flexibility index (Phi) is 8.43. The first-order valence-corrected chi connectivity index (χ1v) is 9.84. The van der Waals surface area contributed by atoms with Crippen LogP contribution >= 0.6 is 0 Å². The number of rotatable bonds is 10. The van der Waals surface area contributed by atoms with Gasteiger partial charge in [-0.2, -0.15) is 4.39 Å². The fourth-order valence-corrected chi connectivity index (χ4v) is 2.95. The second-order valence-corrected chi connectivity index (χ2v) is 6.85. The molecule has 4 heteroatoms. The molecule has 2 aromatic carbocycles. The van der Waals surface area contributed by atoms with E-state index in [2.05, 4.69) is 13.8 Å². The third-order valence-corrected chi connectivity index (χ3v) is 4.64. The third kappa shape index (κ3) is 6.16. The summed E-state index contributed by atoms with van der Waals surface area (Å²) in [6.07, 6.45) is 7.65. The first-order valence-electron chi connectivity index (χ1n) is 9.84. The highest BCUT2D eigenvalue weighted by molar-refractivity contribution is 5.91. The van der Waals surface area contributed by atoms with Gasteiger partial charge in [-0.15, -0.1) is 0 Å². The molecule has 0 fully saturated rings. The summed E-state index contributed by atoms with van der Waals surface area (Å²) in [4.78, 5) is 12.2. The van der Waals surface area contributed by atoms with Gasteiger partial charge in [0.25, 0.3) is 0 Å². The van der Waals surface area contributed by atoms with Gasteiger partial charge in [0.05, 0.1) is 5.56 Å². The van der Waals surface area contributed by atoms with Gasteiger partial charge in [-0.1, -0.05) is 57.7 Å². The predicted molar refractivity (Wildman–Crippen MR) is 104 cm³/mol. The number of carbonyl (C=O) groups excluding carboxylic acids is 1. The van der Waals surface area contributed by atoms with Gasteiger partial charge in [-0.25, -0.2) is 9.18 Å². The zero-order valence-electron chi connectivity index (χ0n) is 16.2. The van der Waals surface area contributed by atoms with Gasteiger partial charge in [-0.05, 0) is 55.0 Å². The van der Waals surface area contributed by atoms with Crippen LogP contribution in [0.4, 0.5) is 8.78 Å². The van der Waals surface area contributed by atoms with Crippen molar-refractivity contribution in [1.82, 2.24) is 0 Å². The van der Waals surface area contributed by atoms with E-state index < -0.39 is 17.6 Å². The Hall–Kier alpha value is -2.23. The standard InChI is InChI=1S/C23H28F2O2/c1-3-5-7-9-17-11-13-19(14-12-17)23(26)27-20-16-15-18(10-8-6-4-2)21(24)22(20)25/h11-16H,3-10H2,1-2H3. The minimum absolute atomic E-state index is 0.317. The fourth-order valence-electron chi connectivity index (χ4n) is 2.95. The van der Waals surface area contributed by atoms with Crippen LogP contribution in [0.5, 0.6) is 5.75 Å². The topological polar surface area (TPSA) is 26.3 Å². The fraction of sp³-hybridized carbons (Fsp3) is 0.435. The molecule has 0 amide bonds. The monoisotopic (exact) mass is 374 g/mol. The molecule has 0 bridgehead atoms. The molecule has 0 aliphatic heterocycles. The van der Waals surface area contributed by atoms with Crippen LogP contribution < -0.4 is 4.74 Å². The van der Waals surface area contributed by atoms with Crippen LogP contribution in [0.15, 0.2) is 36.4 Å². The lowest BCUT2D eigenvalue weighted by molar-refractivity contribution is 0.0726. The summed E-state index contributed by atoms with van der Waals surface area (Å²) in [5, 5.41) is 0. The van der Waals surface area contributed by atoms with Crippen molar-refractivity contribution in [2.75, 3.05) is 0 Å². The van der Waals surface area contributed by atoms with Crippen molar-refractivity contribution in [3.63, 3.8) is 0 Å². The van der Waals surface area contributed by atoms with Crippen LogP contribution in [0.1, 0.15) is 73.9 Å². The lowest BCUT2D eigenvalue weighted by Gasteiger charge is -2.09. The van der Waals surface area contributed by atoms with Gasteiger partial charge < -0.3 is 4.74 Å². The Labute approximate surface area is 160 Å². The molecular formula is C23H28F2O2. The van der Waals surface area contributed by atoms with Crippen molar-refractivity contribution in [2.24, 2.45) is 0 Å². The van der Waals surface area contributed by atoms with Gasteiger partial charge in [0.15, 0.2) is 11.6 Å². The molecule has 2 nitrogen and oxygen atoms in total. The van der Waals surface area contributed by atoms with E-state index in [-0.39, 0.29) is 5.75 Å². The maximum Gasteiger partial charge on any atom is 0.343 e. The Balaban J connectivity index is 2.01. The number of hydrogen-bond donors (Lipinski definition) is 0. The normalized spacial score (nSPS) is 10.8. The van der Waals surface area contributed by atoms with Crippen molar-refractivity contribution < 1.29 is 18.3 Å². The second-order valence-electron chi connectivity index (χ2n) is 6.85. The van der Waals surface area contributed by atoms with Crippen LogP contribution in [-0.4, -0.2) is 5.97 Å². The maximum absolute atomic E-state index is 14.2. The number of aryl methyl sites for hydroxylation is 2. The molecule has 0 unspecified atom stereocenters. The average molecular weight is 374 g/mol. The SMILES string of the molecule is CCCCCc1ccc(C(=O)Oc2ccc(CCCCC)c(F)c2F)cc1. The van der Waals surface area contributed by atoms with E-state index in [9.17, 15) is 13.6 Å². The smallest absolute Gasteiger partial charge is 0.343 e. The quantitative estimate of drug-likeness (QED) is 0.264. The number of unbranched alkanes of at least 4 members (excludes halogenated alkanes) is 4. The third-order valence-electron chi connectivity index (χ3n) is 4.64.